The van der Waals surface area contributed by atoms with E-state index in [0.717, 1.165) is 25.7 Å². The molecule has 0 N–H and O–H groups in total. The normalized spacial score (nSPS) is 12.3. The van der Waals surface area contributed by atoms with E-state index < -0.39 is 11.9 Å². The maximum Gasteiger partial charge on any atom is 0.282 e. The Kier molecular flexibility index (Phi) is 27.1. The molecule has 0 saturated carbocycles. The predicted molar refractivity (Wildman–Crippen MR) is 192 cm³/mol. The topological polar surface area (TPSA) is 55.4 Å². The summed E-state index contributed by atoms with van der Waals surface area (Å²) >= 11 is 0. The van der Waals surface area contributed by atoms with E-state index in [2.05, 4.69) is 24.3 Å². The van der Waals surface area contributed by atoms with Crippen molar-refractivity contribution in [2.24, 2.45) is 0 Å². The molecule has 0 aliphatic carbocycles. The van der Waals surface area contributed by atoms with Gasteiger partial charge in [-0.2, -0.15) is 0 Å². The van der Waals surface area contributed by atoms with Crippen LogP contribution in [0.1, 0.15) is 168 Å². The summed E-state index contributed by atoms with van der Waals surface area (Å²) in [5, 5.41) is 0. The molecule has 0 fully saturated rings. The summed E-state index contributed by atoms with van der Waals surface area (Å²) in [6.45, 7) is 15.6. The van der Waals surface area contributed by atoms with Crippen molar-refractivity contribution in [1.82, 2.24) is 0 Å². The van der Waals surface area contributed by atoms with Crippen molar-refractivity contribution in [2.75, 3.05) is 39.6 Å². The van der Waals surface area contributed by atoms with Crippen LogP contribution in [0.5, 0.6) is 0 Å². The minimum absolute atomic E-state index is 0.607. The van der Waals surface area contributed by atoms with Crippen molar-refractivity contribution in [3.63, 3.8) is 0 Å². The van der Waals surface area contributed by atoms with Gasteiger partial charge < -0.3 is 28.4 Å². The van der Waals surface area contributed by atoms with E-state index in [-0.39, 0.29) is 0 Å². The molecule has 1 aromatic rings. The Morgan fingerprint density at radius 1 is 0.326 bits per heavy atom. The first-order chi connectivity index (χ1) is 22.5. The van der Waals surface area contributed by atoms with E-state index in [9.17, 15) is 0 Å². The van der Waals surface area contributed by atoms with Crippen molar-refractivity contribution in [3.8, 4) is 0 Å². The maximum atomic E-state index is 5.84. The van der Waals surface area contributed by atoms with E-state index in [0.29, 0.717) is 39.6 Å². The fourth-order valence-electron chi connectivity index (χ4n) is 6.34. The molecule has 0 radical (unpaired) electrons. The summed E-state index contributed by atoms with van der Waals surface area (Å²) in [7, 11) is 0. The molecule has 0 atom stereocenters. The fourth-order valence-corrected chi connectivity index (χ4v) is 6.34. The van der Waals surface area contributed by atoms with Crippen molar-refractivity contribution in [3.05, 3.63) is 35.4 Å². The fraction of sp³-hybridized carbons (Fsp3) is 0.850. The number of ether oxygens (including phenoxy) is 6. The zero-order valence-corrected chi connectivity index (χ0v) is 31.1. The van der Waals surface area contributed by atoms with Gasteiger partial charge in [-0.3, -0.25) is 0 Å². The molecule has 270 valence electrons. The molecule has 0 unspecified atom stereocenters. The molecule has 6 nitrogen and oxygen atoms in total. The summed E-state index contributed by atoms with van der Waals surface area (Å²) in [5.74, 6) is -1.68. The van der Waals surface area contributed by atoms with Gasteiger partial charge in [0.05, 0.1) is 0 Å². The van der Waals surface area contributed by atoms with Crippen LogP contribution in [0.15, 0.2) is 24.3 Å². The molecule has 0 amide bonds. The quantitative estimate of drug-likeness (QED) is 0.0546. The Morgan fingerprint density at radius 3 is 0.783 bits per heavy atom. The highest BCUT2D eigenvalue weighted by Crippen LogP contribution is 2.25. The monoisotopic (exact) mass is 651 g/mol. The van der Waals surface area contributed by atoms with Crippen LogP contribution in [0.3, 0.4) is 0 Å². The molecule has 1 rings (SSSR count). The lowest BCUT2D eigenvalue weighted by Crippen LogP contribution is -2.39. The van der Waals surface area contributed by atoms with Crippen molar-refractivity contribution < 1.29 is 28.4 Å². The Balaban J connectivity index is 2.04. The van der Waals surface area contributed by atoms with Crippen LogP contribution in [0.4, 0.5) is 0 Å². The Bertz CT molecular complexity index is 683. The number of benzene rings is 1. The Morgan fingerprint density at radius 2 is 0.543 bits per heavy atom. The van der Waals surface area contributed by atoms with Crippen LogP contribution in [-0.4, -0.2) is 51.6 Å². The lowest BCUT2D eigenvalue weighted by molar-refractivity contribution is -0.380. The third-order valence-corrected chi connectivity index (χ3v) is 8.61. The standard InChI is InChI=1S/C40H74O6/c1-7-41-39(42-8-2,43-9-3)35-27-23-19-15-13-17-21-25-29-37-31-33-38(34-32-37)30-26-22-18-14-16-20-24-28-36-40(44-10-4,45-11-5)46-12-6/h31-34H,7-30,35-36H2,1-6H3. The number of aryl methyl sites for hydroxylation is 2. The molecule has 0 spiro atoms. The van der Waals surface area contributed by atoms with Crippen LogP contribution < -0.4 is 0 Å². The van der Waals surface area contributed by atoms with Crippen molar-refractivity contribution in [1.29, 1.82) is 0 Å². The maximum absolute atomic E-state index is 5.84. The molecule has 0 aliphatic heterocycles. The van der Waals surface area contributed by atoms with Crippen LogP contribution >= 0.6 is 0 Å². The van der Waals surface area contributed by atoms with Gasteiger partial charge in [0.1, 0.15) is 0 Å². The van der Waals surface area contributed by atoms with Gasteiger partial charge in [0.15, 0.2) is 0 Å². The lowest BCUT2D eigenvalue weighted by atomic mass is 10.0. The van der Waals surface area contributed by atoms with E-state index >= 15 is 0 Å². The highest BCUT2D eigenvalue weighted by atomic mass is 16.9. The molecule has 0 saturated heterocycles. The van der Waals surface area contributed by atoms with Crippen LogP contribution in [0.25, 0.3) is 0 Å². The average molecular weight is 651 g/mol. The van der Waals surface area contributed by atoms with Gasteiger partial charge in [-0.25, -0.2) is 0 Å². The second-order valence-corrected chi connectivity index (χ2v) is 12.4. The zero-order chi connectivity index (χ0) is 33.6. The van der Waals surface area contributed by atoms with E-state index in [1.54, 1.807) is 0 Å². The van der Waals surface area contributed by atoms with Crippen LogP contribution in [0.2, 0.25) is 0 Å². The van der Waals surface area contributed by atoms with Gasteiger partial charge in [0, 0.05) is 52.5 Å². The Labute approximate surface area is 285 Å². The average Bonchev–Trinajstić information content (AvgIpc) is 3.04. The molecule has 6 heteroatoms. The molecule has 0 heterocycles. The molecule has 46 heavy (non-hydrogen) atoms. The van der Waals surface area contributed by atoms with E-state index in [4.69, 9.17) is 28.4 Å². The summed E-state index contributed by atoms with van der Waals surface area (Å²) in [6.07, 6.45) is 24.4. The Hall–Kier alpha value is -1.02. The van der Waals surface area contributed by atoms with Gasteiger partial charge in [-0.1, -0.05) is 101 Å². The number of unbranched alkanes of at least 4 members (excludes halogenated alkanes) is 14. The molecule has 1 aromatic carbocycles. The summed E-state index contributed by atoms with van der Waals surface area (Å²) in [4.78, 5) is 0. The van der Waals surface area contributed by atoms with Crippen LogP contribution in [0, 0.1) is 0 Å². The van der Waals surface area contributed by atoms with Gasteiger partial charge in [-0.05, 0) is 91.2 Å². The van der Waals surface area contributed by atoms with Crippen molar-refractivity contribution >= 4 is 0 Å². The second kappa shape index (κ2) is 28.9. The lowest BCUT2D eigenvalue weighted by Gasteiger charge is -2.32. The first kappa shape index (κ1) is 43.0. The highest BCUT2D eigenvalue weighted by molar-refractivity contribution is 5.22. The van der Waals surface area contributed by atoms with E-state index in [1.807, 2.05) is 41.5 Å². The minimum atomic E-state index is -0.841. The molecular formula is C40H74O6. The zero-order valence-electron chi connectivity index (χ0n) is 31.1. The molecule has 0 bridgehead atoms. The largest absolute Gasteiger partial charge is 0.328 e. The van der Waals surface area contributed by atoms with E-state index in [1.165, 1.54) is 114 Å². The third-order valence-electron chi connectivity index (χ3n) is 8.61. The van der Waals surface area contributed by atoms with Gasteiger partial charge >= 0.3 is 0 Å². The first-order valence-electron chi connectivity index (χ1n) is 19.4. The molecular weight excluding hydrogens is 576 g/mol. The van der Waals surface area contributed by atoms with Crippen LogP contribution in [-0.2, 0) is 41.3 Å². The molecule has 0 aromatic heterocycles. The first-order valence-corrected chi connectivity index (χ1v) is 19.4. The number of hydrogen-bond acceptors (Lipinski definition) is 6. The van der Waals surface area contributed by atoms with Gasteiger partial charge in [0.25, 0.3) is 11.9 Å². The SMILES string of the molecule is CCOC(CCCCCCCCCCc1ccc(CCCCCCCCCCC(OCC)(OCC)OCC)cc1)(OCC)OCC. The summed E-state index contributed by atoms with van der Waals surface area (Å²) in [6, 6.07) is 9.44. The highest BCUT2D eigenvalue weighted by Gasteiger charge is 2.32. The smallest absolute Gasteiger partial charge is 0.282 e. The second-order valence-electron chi connectivity index (χ2n) is 12.4. The predicted octanol–water partition coefficient (Wildman–Crippen LogP) is 11.3. The number of hydrogen-bond donors (Lipinski definition) is 0. The summed E-state index contributed by atoms with van der Waals surface area (Å²) < 4.78 is 35.0. The minimum Gasteiger partial charge on any atom is -0.328 e. The van der Waals surface area contributed by atoms with Gasteiger partial charge in [-0.15, -0.1) is 0 Å². The third kappa shape index (κ3) is 20.4. The van der Waals surface area contributed by atoms with Crippen molar-refractivity contribution in [2.45, 2.75) is 182 Å². The van der Waals surface area contributed by atoms with Gasteiger partial charge in [0.2, 0.25) is 0 Å². The summed E-state index contributed by atoms with van der Waals surface area (Å²) in [5.41, 5.74) is 2.98. The molecule has 0 aliphatic rings. The number of rotatable bonds is 34.